The van der Waals surface area contributed by atoms with E-state index in [2.05, 4.69) is 53.0 Å². The summed E-state index contributed by atoms with van der Waals surface area (Å²) in [5.41, 5.74) is 9.40. The molecule has 1 aromatic heterocycles. The normalized spacial score (nSPS) is 18.0. The summed E-state index contributed by atoms with van der Waals surface area (Å²) in [4.78, 5) is 4.50. The molecule has 0 aliphatic carbocycles. The Morgan fingerprint density at radius 2 is 1.81 bits per heavy atom. The summed E-state index contributed by atoms with van der Waals surface area (Å²) in [6.07, 6.45) is 0.948. The Morgan fingerprint density at radius 1 is 1.13 bits per heavy atom. The van der Waals surface area contributed by atoms with Gasteiger partial charge in [-0.1, -0.05) is 23.7 Å². The highest BCUT2D eigenvalue weighted by Crippen LogP contribution is 2.17. The fourth-order valence-corrected chi connectivity index (χ4v) is 3.75. The van der Waals surface area contributed by atoms with Gasteiger partial charge in [0.25, 0.3) is 0 Å². The van der Waals surface area contributed by atoms with E-state index in [1.54, 1.807) is 0 Å². The minimum Gasteiger partial charge on any atom is -0.384 e. The summed E-state index contributed by atoms with van der Waals surface area (Å²) in [7, 11) is 0. The van der Waals surface area contributed by atoms with Crippen molar-refractivity contribution in [2.45, 2.75) is 38.9 Å². The van der Waals surface area contributed by atoms with Gasteiger partial charge in [-0.25, -0.2) is 4.98 Å². The van der Waals surface area contributed by atoms with Crippen LogP contribution in [-0.2, 0) is 13.0 Å². The molecule has 0 unspecified atom stereocenters. The molecule has 1 aliphatic heterocycles. The second-order valence-electron chi connectivity index (χ2n) is 7.61. The van der Waals surface area contributed by atoms with E-state index in [1.807, 2.05) is 18.2 Å². The average Bonchev–Trinajstić information content (AvgIpc) is 3.05. The molecule has 3 atom stereocenters. The molecule has 178 valence electrons. The molecule has 1 saturated heterocycles. The number of anilines is 1. The van der Waals surface area contributed by atoms with Gasteiger partial charge in [0.2, 0.25) is 0 Å². The first-order valence-corrected chi connectivity index (χ1v) is 10.0. The molecular formula is C21H34Cl5N5. The molecule has 0 saturated carbocycles. The van der Waals surface area contributed by atoms with Crippen LogP contribution in [-0.4, -0.2) is 36.7 Å². The molecule has 5 nitrogen and oxygen atoms in total. The number of nitrogens with zero attached hydrogens (tertiary/aromatic N) is 1. The number of benzene rings is 1. The summed E-state index contributed by atoms with van der Waals surface area (Å²) in [5, 5.41) is 11.6. The fraction of sp³-hybridized carbons (Fsp3) is 0.476. The summed E-state index contributed by atoms with van der Waals surface area (Å²) in [5.74, 6) is 1.14. The van der Waals surface area contributed by atoms with Gasteiger partial charge in [0.15, 0.2) is 0 Å². The highest BCUT2D eigenvalue weighted by molar-refractivity contribution is 6.30. The van der Waals surface area contributed by atoms with E-state index >= 15 is 0 Å². The van der Waals surface area contributed by atoms with Crippen molar-refractivity contribution in [1.29, 1.82) is 0 Å². The Bertz CT molecular complexity index is 727. The molecule has 5 N–H and O–H groups in total. The van der Waals surface area contributed by atoms with Gasteiger partial charge < -0.3 is 21.7 Å². The van der Waals surface area contributed by atoms with Crippen LogP contribution in [0.25, 0.3) is 0 Å². The second-order valence-corrected chi connectivity index (χ2v) is 8.04. The molecule has 1 aromatic carbocycles. The first-order valence-electron chi connectivity index (χ1n) is 9.64. The van der Waals surface area contributed by atoms with Crippen LogP contribution in [0, 0.1) is 12.8 Å². The predicted octanol–water partition coefficient (Wildman–Crippen LogP) is 4.21. The van der Waals surface area contributed by atoms with Crippen LogP contribution in [0.15, 0.2) is 36.4 Å². The first-order chi connectivity index (χ1) is 13.0. The number of aromatic nitrogens is 1. The van der Waals surface area contributed by atoms with Gasteiger partial charge in [-0.15, -0.1) is 49.6 Å². The smallest absolute Gasteiger partial charge is 0.123 e. The Labute approximate surface area is 215 Å². The van der Waals surface area contributed by atoms with E-state index in [9.17, 15) is 0 Å². The average molecular weight is 534 g/mol. The van der Waals surface area contributed by atoms with Crippen LogP contribution >= 0.6 is 61.2 Å². The minimum absolute atomic E-state index is 0. The van der Waals surface area contributed by atoms with Gasteiger partial charge in [0, 0.05) is 42.4 Å². The van der Waals surface area contributed by atoms with Gasteiger partial charge in [0.1, 0.15) is 5.82 Å². The quantitative estimate of drug-likeness (QED) is 0.409. The second kappa shape index (κ2) is 16.2. The van der Waals surface area contributed by atoms with Crippen molar-refractivity contribution in [1.82, 2.24) is 20.9 Å². The number of rotatable bonds is 8. The molecule has 31 heavy (non-hydrogen) atoms. The van der Waals surface area contributed by atoms with E-state index in [1.165, 1.54) is 11.1 Å². The Kier molecular flexibility index (Phi) is 17.0. The predicted molar refractivity (Wildman–Crippen MR) is 142 cm³/mol. The number of nitrogens with one attached hydrogen (secondary N) is 3. The van der Waals surface area contributed by atoms with Crippen molar-refractivity contribution in [3.8, 4) is 0 Å². The van der Waals surface area contributed by atoms with Crippen molar-refractivity contribution in [2.75, 3.05) is 25.4 Å². The van der Waals surface area contributed by atoms with Crippen molar-refractivity contribution >= 4 is 67.0 Å². The molecule has 0 spiro atoms. The van der Waals surface area contributed by atoms with Crippen LogP contribution in [0.1, 0.15) is 23.7 Å². The molecular weight excluding hydrogens is 500 g/mol. The number of hydrogen-bond donors (Lipinski definition) is 4. The molecule has 10 heteroatoms. The highest BCUT2D eigenvalue weighted by Gasteiger charge is 2.27. The van der Waals surface area contributed by atoms with E-state index in [0.29, 0.717) is 23.8 Å². The van der Waals surface area contributed by atoms with Crippen molar-refractivity contribution in [2.24, 2.45) is 5.92 Å². The van der Waals surface area contributed by atoms with Gasteiger partial charge in [0.05, 0.1) is 0 Å². The number of pyridine rings is 1. The number of hydrogen-bond acceptors (Lipinski definition) is 5. The number of nitrogens with two attached hydrogens (primary N) is 1. The number of halogens is 5. The van der Waals surface area contributed by atoms with Gasteiger partial charge in [-0.3, -0.25) is 0 Å². The fourth-order valence-electron chi connectivity index (χ4n) is 3.62. The lowest BCUT2D eigenvalue weighted by Gasteiger charge is -2.23. The van der Waals surface area contributed by atoms with Crippen molar-refractivity contribution in [3.63, 3.8) is 0 Å². The Hall–Kier alpha value is -0.500. The zero-order valence-corrected chi connectivity index (χ0v) is 21.8. The maximum Gasteiger partial charge on any atom is 0.123 e. The van der Waals surface area contributed by atoms with E-state index in [-0.39, 0.29) is 49.6 Å². The maximum atomic E-state index is 5.94. The lowest BCUT2D eigenvalue weighted by molar-refractivity contribution is 0.393. The highest BCUT2D eigenvalue weighted by atomic mass is 35.5. The molecule has 2 aromatic rings. The van der Waals surface area contributed by atoms with E-state index in [0.717, 1.165) is 43.3 Å². The lowest BCUT2D eigenvalue weighted by Crippen LogP contribution is -2.44. The summed E-state index contributed by atoms with van der Waals surface area (Å²) < 4.78 is 0. The van der Waals surface area contributed by atoms with Crippen molar-refractivity contribution in [3.05, 3.63) is 58.2 Å². The van der Waals surface area contributed by atoms with Crippen LogP contribution in [0.2, 0.25) is 5.02 Å². The summed E-state index contributed by atoms with van der Waals surface area (Å²) in [6, 6.07) is 12.9. The minimum atomic E-state index is 0. The SMILES string of the molecule is Cc1cc(N)nc(C[C@H]2CNC[C@@H]2NC[C@H](C)NCc2ccc(Cl)cc2)c1.Cl.Cl.Cl.Cl. The zero-order chi connectivity index (χ0) is 19.2. The van der Waals surface area contributed by atoms with Gasteiger partial charge in [-0.05, 0) is 68.1 Å². The largest absolute Gasteiger partial charge is 0.384 e. The topological polar surface area (TPSA) is 75.0 Å². The first kappa shape index (κ1) is 32.7. The molecule has 1 aliphatic rings. The molecule has 2 heterocycles. The molecule has 3 rings (SSSR count). The van der Waals surface area contributed by atoms with Crippen LogP contribution in [0.3, 0.4) is 0 Å². The Morgan fingerprint density at radius 3 is 2.45 bits per heavy atom. The standard InChI is InChI=1S/C21H30ClN5.4ClH/c1-14-7-19(27-21(23)8-14)9-17-12-24-13-20(17)26-10-15(2)25-11-16-3-5-18(22)6-4-16;;;;/h3-8,15,17,20,24-26H,9-13H2,1-2H3,(H2,23,27);4*1H/t15-,17-,20-;;;;/m0..../s1. The molecule has 0 amide bonds. The molecule has 1 fully saturated rings. The third kappa shape index (κ3) is 10.8. The van der Waals surface area contributed by atoms with Crippen LogP contribution in [0.4, 0.5) is 5.82 Å². The van der Waals surface area contributed by atoms with Gasteiger partial charge in [-0.2, -0.15) is 0 Å². The summed E-state index contributed by atoms with van der Waals surface area (Å²) >= 11 is 5.94. The van der Waals surface area contributed by atoms with Gasteiger partial charge >= 0.3 is 0 Å². The van der Waals surface area contributed by atoms with Crippen molar-refractivity contribution < 1.29 is 0 Å². The maximum absolute atomic E-state index is 5.94. The monoisotopic (exact) mass is 531 g/mol. The number of aryl methyl sites for hydroxylation is 1. The zero-order valence-electron chi connectivity index (χ0n) is 17.8. The molecule has 0 bridgehead atoms. The number of nitrogen functional groups attached to an aromatic ring is 1. The third-order valence-corrected chi connectivity index (χ3v) is 5.36. The summed E-state index contributed by atoms with van der Waals surface area (Å²) in [6.45, 7) is 8.07. The van der Waals surface area contributed by atoms with E-state index < -0.39 is 0 Å². The Balaban J connectivity index is 0. The lowest BCUT2D eigenvalue weighted by atomic mass is 9.96. The van der Waals surface area contributed by atoms with Crippen LogP contribution in [0.5, 0.6) is 0 Å². The van der Waals surface area contributed by atoms with Crippen LogP contribution < -0.4 is 21.7 Å². The molecule has 0 radical (unpaired) electrons. The third-order valence-electron chi connectivity index (χ3n) is 5.11. The van der Waals surface area contributed by atoms with E-state index in [4.69, 9.17) is 17.3 Å².